The number of nitrogens with zero attached hydrogens (tertiary/aromatic N) is 3. The third-order valence-electron chi connectivity index (χ3n) is 5.15. The van der Waals surface area contributed by atoms with Gasteiger partial charge in [0.05, 0.1) is 32.9 Å². The van der Waals surface area contributed by atoms with E-state index in [1.165, 1.54) is 11.3 Å². The van der Waals surface area contributed by atoms with Crippen LogP contribution in [0.25, 0.3) is 22.0 Å². The van der Waals surface area contributed by atoms with E-state index in [-0.39, 0.29) is 12.3 Å². The minimum atomic E-state index is -0.121. The van der Waals surface area contributed by atoms with Crippen LogP contribution in [0.2, 0.25) is 0 Å². The topological polar surface area (TPSA) is 87.5 Å². The van der Waals surface area contributed by atoms with Gasteiger partial charge in [0.15, 0.2) is 11.5 Å². The monoisotopic (exact) mass is 478 g/mol. The molecule has 0 fully saturated rings. The Bertz CT molecular complexity index is 1280. The van der Waals surface area contributed by atoms with Crippen molar-refractivity contribution in [1.29, 1.82) is 0 Å². The predicted octanol–water partition coefficient (Wildman–Crippen LogP) is 4.81. The molecule has 0 saturated heterocycles. The van der Waals surface area contributed by atoms with E-state index < -0.39 is 0 Å². The average molecular weight is 479 g/mol. The molecule has 0 atom stereocenters. The van der Waals surface area contributed by atoms with Gasteiger partial charge in [-0.25, -0.2) is 4.98 Å². The average Bonchev–Trinajstić information content (AvgIpc) is 3.47. The first-order valence-electron chi connectivity index (χ1n) is 10.7. The van der Waals surface area contributed by atoms with Crippen molar-refractivity contribution in [3.8, 4) is 39.2 Å². The number of aromatic nitrogens is 3. The molecule has 1 amide bonds. The Kier molecular flexibility index (Phi) is 7.12. The molecule has 34 heavy (non-hydrogen) atoms. The van der Waals surface area contributed by atoms with Gasteiger partial charge in [0.2, 0.25) is 5.91 Å². The van der Waals surface area contributed by atoms with Gasteiger partial charge >= 0.3 is 0 Å². The molecule has 1 N–H and O–H groups in total. The van der Waals surface area contributed by atoms with E-state index in [9.17, 15) is 4.79 Å². The summed E-state index contributed by atoms with van der Waals surface area (Å²) < 4.78 is 17.8. The van der Waals surface area contributed by atoms with E-state index in [4.69, 9.17) is 19.2 Å². The molecule has 2 heterocycles. The molecule has 0 aliphatic rings. The highest BCUT2D eigenvalue weighted by Crippen LogP contribution is 2.34. The fraction of sp³-hybridized carbons (Fsp3) is 0.240. The molecule has 4 rings (SSSR count). The molecule has 176 valence electrons. The number of methoxy groups -OCH3 is 2. The number of aryl methyl sites for hydroxylation is 1. The fourth-order valence-corrected chi connectivity index (χ4v) is 4.23. The largest absolute Gasteiger partial charge is 0.494 e. The first kappa shape index (κ1) is 23.3. The minimum absolute atomic E-state index is 0.121. The summed E-state index contributed by atoms with van der Waals surface area (Å²) in [6.45, 7) is 2.55. The van der Waals surface area contributed by atoms with E-state index in [2.05, 4.69) is 10.4 Å². The van der Waals surface area contributed by atoms with Crippen molar-refractivity contribution < 1.29 is 19.0 Å². The van der Waals surface area contributed by atoms with Crippen molar-refractivity contribution in [3.05, 3.63) is 59.5 Å². The van der Waals surface area contributed by atoms with Crippen molar-refractivity contribution in [2.75, 3.05) is 26.1 Å². The van der Waals surface area contributed by atoms with Crippen LogP contribution >= 0.6 is 11.3 Å². The number of rotatable bonds is 9. The number of carbonyl (C=O) groups excluding carboxylic acids is 1. The Labute approximate surface area is 202 Å². The summed E-state index contributed by atoms with van der Waals surface area (Å²) in [4.78, 5) is 17.3. The van der Waals surface area contributed by atoms with Gasteiger partial charge in [-0.2, -0.15) is 5.10 Å². The first-order chi connectivity index (χ1) is 16.5. The highest BCUT2D eigenvalue weighted by Gasteiger charge is 2.15. The molecule has 0 spiro atoms. The Balaban J connectivity index is 1.46. The van der Waals surface area contributed by atoms with Crippen molar-refractivity contribution in [2.24, 2.45) is 7.05 Å². The number of thiazole rings is 1. The van der Waals surface area contributed by atoms with Crippen molar-refractivity contribution in [3.63, 3.8) is 0 Å². The molecule has 9 heteroatoms. The van der Waals surface area contributed by atoms with Crippen LogP contribution in [0.15, 0.2) is 53.9 Å². The predicted molar refractivity (Wildman–Crippen MR) is 133 cm³/mol. The summed E-state index contributed by atoms with van der Waals surface area (Å²) in [6.07, 6.45) is 0.258. The standard InChI is InChI=1S/C25H26N4O4S/c1-5-33-18-9-6-16(7-10-18)12-24(30)27-23-14-19(28-29(23)2)25-26-20(15-34-25)17-8-11-21(31-3)22(13-17)32-4/h6-11,13-15H,5,12H2,1-4H3,(H,27,30). The van der Waals surface area contributed by atoms with Crippen LogP contribution in [0, 0.1) is 0 Å². The number of amides is 1. The lowest BCUT2D eigenvalue weighted by Crippen LogP contribution is -2.16. The smallest absolute Gasteiger partial charge is 0.229 e. The molecule has 0 radical (unpaired) electrons. The summed E-state index contributed by atoms with van der Waals surface area (Å²) in [5.74, 6) is 2.58. The Morgan fingerprint density at radius 3 is 2.50 bits per heavy atom. The summed E-state index contributed by atoms with van der Waals surface area (Å²) in [7, 11) is 5.00. The summed E-state index contributed by atoms with van der Waals surface area (Å²) >= 11 is 1.49. The number of benzene rings is 2. The maximum Gasteiger partial charge on any atom is 0.229 e. The highest BCUT2D eigenvalue weighted by molar-refractivity contribution is 7.13. The quantitative estimate of drug-likeness (QED) is 0.372. The van der Waals surface area contributed by atoms with E-state index in [1.807, 2.05) is 60.8 Å². The summed E-state index contributed by atoms with van der Waals surface area (Å²) in [5.41, 5.74) is 3.33. The molecular weight excluding hydrogens is 452 g/mol. The van der Waals surface area contributed by atoms with Crippen molar-refractivity contribution in [2.45, 2.75) is 13.3 Å². The lowest BCUT2D eigenvalue weighted by Gasteiger charge is -2.08. The summed E-state index contributed by atoms with van der Waals surface area (Å²) in [6, 6.07) is 15.0. The van der Waals surface area contributed by atoms with Crippen LogP contribution < -0.4 is 19.5 Å². The van der Waals surface area contributed by atoms with E-state index in [0.717, 1.165) is 27.6 Å². The zero-order chi connectivity index (χ0) is 24.1. The molecule has 0 bridgehead atoms. The van der Waals surface area contributed by atoms with Crippen LogP contribution in [0.4, 0.5) is 5.82 Å². The van der Waals surface area contributed by atoms with E-state index in [1.54, 1.807) is 25.9 Å². The van der Waals surface area contributed by atoms with E-state index in [0.29, 0.717) is 29.6 Å². The molecule has 2 aromatic carbocycles. The normalized spacial score (nSPS) is 10.7. The SMILES string of the molecule is CCOc1ccc(CC(=O)Nc2cc(-c3nc(-c4ccc(OC)c(OC)c4)cs3)nn2C)cc1. The fourth-order valence-electron chi connectivity index (χ4n) is 3.45. The highest BCUT2D eigenvalue weighted by atomic mass is 32.1. The Hall–Kier alpha value is -3.85. The second-order valence-corrected chi connectivity index (χ2v) is 8.31. The van der Waals surface area contributed by atoms with Gasteiger partial charge in [-0.05, 0) is 42.8 Å². The number of ether oxygens (including phenoxy) is 3. The van der Waals surface area contributed by atoms with Gasteiger partial charge in [0.1, 0.15) is 22.3 Å². The third kappa shape index (κ3) is 5.20. The molecule has 0 aliphatic heterocycles. The first-order valence-corrected chi connectivity index (χ1v) is 11.6. The lowest BCUT2D eigenvalue weighted by atomic mass is 10.1. The zero-order valence-electron chi connectivity index (χ0n) is 19.5. The molecule has 4 aromatic rings. The maximum absolute atomic E-state index is 12.6. The number of hydrogen-bond donors (Lipinski definition) is 1. The second-order valence-electron chi connectivity index (χ2n) is 7.45. The molecule has 8 nitrogen and oxygen atoms in total. The molecule has 0 saturated carbocycles. The summed E-state index contributed by atoms with van der Waals surface area (Å²) in [5, 5.41) is 10.2. The van der Waals surface area contributed by atoms with Gasteiger partial charge in [-0.1, -0.05) is 12.1 Å². The molecule has 0 aliphatic carbocycles. The van der Waals surface area contributed by atoms with Gasteiger partial charge in [-0.3, -0.25) is 9.48 Å². The minimum Gasteiger partial charge on any atom is -0.494 e. The molecular formula is C25H26N4O4S. The van der Waals surface area contributed by atoms with E-state index >= 15 is 0 Å². The van der Waals surface area contributed by atoms with Crippen LogP contribution in [-0.2, 0) is 18.3 Å². The number of hydrogen-bond acceptors (Lipinski definition) is 7. The number of anilines is 1. The van der Waals surface area contributed by atoms with Crippen molar-refractivity contribution in [1.82, 2.24) is 14.8 Å². The third-order valence-corrected chi connectivity index (χ3v) is 6.01. The van der Waals surface area contributed by atoms with Crippen LogP contribution in [0.3, 0.4) is 0 Å². The zero-order valence-corrected chi connectivity index (χ0v) is 20.3. The lowest BCUT2D eigenvalue weighted by molar-refractivity contribution is -0.115. The Morgan fingerprint density at radius 2 is 1.79 bits per heavy atom. The van der Waals surface area contributed by atoms with Crippen LogP contribution in [0.1, 0.15) is 12.5 Å². The van der Waals surface area contributed by atoms with Crippen LogP contribution in [0.5, 0.6) is 17.2 Å². The number of nitrogens with one attached hydrogen (secondary N) is 1. The number of carbonyl (C=O) groups is 1. The molecule has 0 unspecified atom stereocenters. The van der Waals surface area contributed by atoms with Gasteiger partial charge < -0.3 is 19.5 Å². The second kappa shape index (κ2) is 10.4. The molecule has 2 aromatic heterocycles. The van der Waals surface area contributed by atoms with Gasteiger partial charge in [-0.15, -0.1) is 11.3 Å². The van der Waals surface area contributed by atoms with Gasteiger partial charge in [0.25, 0.3) is 0 Å². The van der Waals surface area contributed by atoms with Crippen LogP contribution in [-0.4, -0.2) is 41.5 Å². The van der Waals surface area contributed by atoms with Crippen molar-refractivity contribution >= 4 is 23.1 Å². The maximum atomic E-state index is 12.6. The van der Waals surface area contributed by atoms with Gasteiger partial charge in [0, 0.05) is 24.1 Å². The Morgan fingerprint density at radius 1 is 1.03 bits per heavy atom.